The molecule has 0 amide bonds. The van der Waals surface area contributed by atoms with Crippen molar-refractivity contribution in [1.82, 2.24) is 4.83 Å². The molecule has 0 saturated heterocycles. The number of nitrogens with one attached hydrogen (secondary N) is 1. The maximum Gasteiger partial charge on any atom is 0.276 e. The largest absolute Gasteiger partial charge is 0.507 e. The molecule has 26 heavy (non-hydrogen) atoms. The molecule has 0 aromatic heterocycles. The molecule has 0 aliphatic carbocycles. The van der Waals surface area contributed by atoms with E-state index in [4.69, 9.17) is 0 Å². The van der Waals surface area contributed by atoms with Gasteiger partial charge in [0.15, 0.2) is 0 Å². The van der Waals surface area contributed by atoms with Crippen LogP contribution in [0.1, 0.15) is 48.4 Å². The second kappa shape index (κ2) is 8.36. The first-order chi connectivity index (χ1) is 12.2. The molecule has 0 spiro atoms. The van der Waals surface area contributed by atoms with E-state index in [0.717, 1.165) is 29.5 Å². The Morgan fingerprint density at radius 2 is 1.73 bits per heavy atom. The Balaban J connectivity index is 2.39. The van der Waals surface area contributed by atoms with E-state index in [2.05, 4.69) is 16.9 Å². The number of aryl methyl sites for hydroxylation is 3. The molecule has 2 N–H and O–H groups in total. The van der Waals surface area contributed by atoms with Crippen molar-refractivity contribution in [3.63, 3.8) is 0 Å². The molecule has 0 radical (unpaired) electrons. The molecule has 0 bridgehead atoms. The number of hydrogen-bond donors (Lipinski definition) is 2. The highest BCUT2D eigenvalue weighted by molar-refractivity contribution is 7.89. The number of nitrogens with zero attached hydrogens (tertiary/aromatic N) is 1. The van der Waals surface area contributed by atoms with Crippen LogP contribution in [0.5, 0.6) is 5.75 Å². The average molecular weight is 375 g/mol. The molecule has 2 aromatic rings. The van der Waals surface area contributed by atoms with Gasteiger partial charge in [-0.25, -0.2) is 0 Å². The van der Waals surface area contributed by atoms with Crippen molar-refractivity contribution in [2.75, 3.05) is 0 Å². The van der Waals surface area contributed by atoms with E-state index in [1.807, 2.05) is 32.9 Å². The van der Waals surface area contributed by atoms with Crippen molar-refractivity contribution in [2.24, 2.45) is 5.10 Å². The molecule has 0 heterocycles. The highest BCUT2D eigenvalue weighted by Gasteiger charge is 2.16. The Labute approximate surface area is 155 Å². The van der Waals surface area contributed by atoms with Crippen LogP contribution in [0, 0.1) is 20.8 Å². The third-order valence-electron chi connectivity index (χ3n) is 4.15. The van der Waals surface area contributed by atoms with E-state index in [9.17, 15) is 13.5 Å². The van der Waals surface area contributed by atoms with Gasteiger partial charge in [-0.05, 0) is 62.9 Å². The van der Waals surface area contributed by atoms with Gasteiger partial charge in [0, 0.05) is 5.56 Å². The van der Waals surface area contributed by atoms with E-state index in [0.29, 0.717) is 17.7 Å². The van der Waals surface area contributed by atoms with Crippen LogP contribution >= 0.6 is 0 Å². The minimum atomic E-state index is -3.76. The minimum Gasteiger partial charge on any atom is -0.507 e. The third kappa shape index (κ3) is 4.85. The summed E-state index contributed by atoms with van der Waals surface area (Å²) in [5.74, 6) is 0.139. The zero-order chi connectivity index (χ0) is 19.3. The molecular formula is C20H26N2O3S. The summed E-state index contributed by atoms with van der Waals surface area (Å²) in [5.41, 5.74) is 3.82. The van der Waals surface area contributed by atoms with Crippen molar-refractivity contribution in [2.45, 2.75) is 51.9 Å². The lowest BCUT2D eigenvalue weighted by Gasteiger charge is -2.12. The molecule has 0 fully saturated rings. The number of aromatic hydroxyl groups is 1. The summed E-state index contributed by atoms with van der Waals surface area (Å²) < 4.78 is 25.0. The van der Waals surface area contributed by atoms with Gasteiger partial charge in [-0.15, -0.1) is 0 Å². The van der Waals surface area contributed by atoms with Gasteiger partial charge in [0.25, 0.3) is 10.0 Å². The van der Waals surface area contributed by atoms with Crippen molar-refractivity contribution < 1.29 is 13.5 Å². The van der Waals surface area contributed by atoms with Crippen LogP contribution in [0.15, 0.2) is 46.4 Å². The molecule has 5 nitrogen and oxygen atoms in total. The number of phenols is 1. The summed E-state index contributed by atoms with van der Waals surface area (Å²) in [5, 5.41) is 14.6. The fourth-order valence-corrected chi connectivity index (χ4v) is 3.49. The first kappa shape index (κ1) is 20.0. The SMILES string of the molecule is CCCC/C(=N\NS(=O)(=O)c1ccc(C)cc1)c1cc(C)cc(C)c1O. The standard InChI is InChI=1S/C20H26N2O3S/c1-5-6-7-19(18-13-15(3)12-16(4)20(18)23)21-22-26(24,25)17-10-8-14(2)9-11-17/h8-13,22-23H,5-7H2,1-4H3/b21-19+. The number of unbranched alkanes of at least 4 members (excludes halogenated alkanes) is 1. The molecule has 0 unspecified atom stereocenters. The molecule has 6 heteroatoms. The molecule has 2 rings (SSSR count). The Kier molecular flexibility index (Phi) is 6.42. The van der Waals surface area contributed by atoms with Crippen LogP contribution in [0.3, 0.4) is 0 Å². The second-order valence-electron chi connectivity index (χ2n) is 6.55. The number of benzene rings is 2. The molecule has 2 aromatic carbocycles. The van der Waals surface area contributed by atoms with Crippen molar-refractivity contribution in [3.05, 3.63) is 58.7 Å². The molecule has 0 saturated carbocycles. The summed E-state index contributed by atoms with van der Waals surface area (Å²) in [6.45, 7) is 7.70. The van der Waals surface area contributed by atoms with E-state index in [-0.39, 0.29) is 10.6 Å². The zero-order valence-corrected chi connectivity index (χ0v) is 16.5. The highest BCUT2D eigenvalue weighted by Crippen LogP contribution is 2.26. The van der Waals surface area contributed by atoms with E-state index >= 15 is 0 Å². The van der Waals surface area contributed by atoms with Gasteiger partial charge in [0.05, 0.1) is 10.6 Å². The van der Waals surface area contributed by atoms with Crippen LogP contribution in [-0.2, 0) is 10.0 Å². The number of hydrogen-bond acceptors (Lipinski definition) is 4. The van der Waals surface area contributed by atoms with E-state index in [1.54, 1.807) is 24.3 Å². The van der Waals surface area contributed by atoms with Gasteiger partial charge < -0.3 is 5.11 Å². The normalized spacial score (nSPS) is 12.2. The summed E-state index contributed by atoms with van der Waals surface area (Å²) in [7, 11) is -3.76. The van der Waals surface area contributed by atoms with Crippen molar-refractivity contribution in [1.29, 1.82) is 0 Å². The third-order valence-corrected chi connectivity index (χ3v) is 5.38. The van der Waals surface area contributed by atoms with Crippen LogP contribution in [0.4, 0.5) is 0 Å². The minimum absolute atomic E-state index is 0.139. The lowest BCUT2D eigenvalue weighted by molar-refractivity contribution is 0.469. The number of sulfonamides is 1. The summed E-state index contributed by atoms with van der Waals surface area (Å²) in [4.78, 5) is 2.48. The average Bonchev–Trinajstić information content (AvgIpc) is 2.59. The van der Waals surface area contributed by atoms with Gasteiger partial charge >= 0.3 is 0 Å². The van der Waals surface area contributed by atoms with Gasteiger partial charge in [0.1, 0.15) is 5.75 Å². The van der Waals surface area contributed by atoms with E-state index < -0.39 is 10.0 Å². The monoisotopic (exact) mass is 374 g/mol. The van der Waals surface area contributed by atoms with Crippen LogP contribution in [-0.4, -0.2) is 19.2 Å². The first-order valence-electron chi connectivity index (χ1n) is 8.70. The topological polar surface area (TPSA) is 78.8 Å². The van der Waals surface area contributed by atoms with Crippen LogP contribution in [0.2, 0.25) is 0 Å². The Morgan fingerprint density at radius 1 is 1.08 bits per heavy atom. The fraction of sp³-hybridized carbons (Fsp3) is 0.350. The van der Waals surface area contributed by atoms with Crippen LogP contribution < -0.4 is 4.83 Å². The highest BCUT2D eigenvalue weighted by atomic mass is 32.2. The smallest absolute Gasteiger partial charge is 0.276 e. The lowest BCUT2D eigenvalue weighted by Crippen LogP contribution is -2.21. The number of hydrazone groups is 1. The Morgan fingerprint density at radius 3 is 2.35 bits per heavy atom. The summed E-state index contributed by atoms with van der Waals surface area (Å²) >= 11 is 0. The maximum absolute atomic E-state index is 12.5. The number of rotatable bonds is 7. The molecule has 0 atom stereocenters. The molecule has 0 aliphatic rings. The molecule has 140 valence electrons. The van der Waals surface area contributed by atoms with Gasteiger partial charge in [-0.3, -0.25) is 0 Å². The Bertz CT molecular complexity index is 901. The summed E-state index contributed by atoms with van der Waals surface area (Å²) in [6.07, 6.45) is 2.36. The Hall–Kier alpha value is -2.34. The van der Waals surface area contributed by atoms with Crippen molar-refractivity contribution in [3.8, 4) is 5.75 Å². The quantitative estimate of drug-likeness (QED) is 0.563. The fourth-order valence-electron chi connectivity index (χ4n) is 2.66. The van der Waals surface area contributed by atoms with Crippen molar-refractivity contribution >= 4 is 15.7 Å². The van der Waals surface area contributed by atoms with Gasteiger partial charge in [-0.1, -0.05) is 37.1 Å². The second-order valence-corrected chi connectivity index (χ2v) is 8.21. The molecule has 0 aliphatic heterocycles. The maximum atomic E-state index is 12.5. The van der Waals surface area contributed by atoms with Gasteiger partial charge in [-0.2, -0.15) is 18.4 Å². The lowest BCUT2D eigenvalue weighted by atomic mass is 9.99. The van der Waals surface area contributed by atoms with Crippen LogP contribution in [0.25, 0.3) is 0 Å². The predicted molar refractivity (Wildman–Crippen MR) is 105 cm³/mol. The summed E-state index contributed by atoms with van der Waals surface area (Å²) in [6, 6.07) is 10.3. The first-order valence-corrected chi connectivity index (χ1v) is 10.2. The van der Waals surface area contributed by atoms with Gasteiger partial charge in [0.2, 0.25) is 0 Å². The predicted octanol–water partition coefficient (Wildman–Crippen LogP) is 4.19. The van der Waals surface area contributed by atoms with E-state index in [1.165, 1.54) is 0 Å². The molecular weight excluding hydrogens is 348 g/mol. The number of phenolic OH excluding ortho intramolecular Hbond substituents is 1. The zero-order valence-electron chi connectivity index (χ0n) is 15.7.